The maximum atomic E-state index is 12.4. The van der Waals surface area contributed by atoms with Crippen molar-refractivity contribution in [2.45, 2.75) is 65.3 Å². The first-order valence-corrected chi connectivity index (χ1v) is 8.99. The lowest BCUT2D eigenvalue weighted by atomic mass is 9.85. The van der Waals surface area contributed by atoms with Gasteiger partial charge in [-0.3, -0.25) is 14.5 Å². The van der Waals surface area contributed by atoms with Gasteiger partial charge in [0.25, 0.3) is 0 Å². The smallest absolute Gasteiger partial charge is 0.237 e. The highest BCUT2D eigenvalue weighted by Gasteiger charge is 2.41. The first-order chi connectivity index (χ1) is 10.6. The Hall–Kier alpha value is -1.10. The molecule has 2 saturated heterocycles. The van der Waals surface area contributed by atoms with E-state index < -0.39 is 5.54 Å². The fourth-order valence-corrected chi connectivity index (χ4v) is 3.85. The van der Waals surface area contributed by atoms with Crippen molar-refractivity contribution in [2.75, 3.05) is 26.2 Å². The van der Waals surface area contributed by atoms with E-state index in [4.69, 9.17) is 5.73 Å². The second-order valence-corrected chi connectivity index (χ2v) is 8.53. The summed E-state index contributed by atoms with van der Waals surface area (Å²) in [5, 5.41) is 0. The maximum absolute atomic E-state index is 12.4. The average molecular weight is 323 g/mol. The third-order valence-electron chi connectivity index (χ3n) is 5.59. The molecular weight excluding hydrogens is 290 g/mol. The van der Waals surface area contributed by atoms with E-state index in [0.29, 0.717) is 5.92 Å². The molecule has 5 nitrogen and oxygen atoms in total. The summed E-state index contributed by atoms with van der Waals surface area (Å²) in [6, 6.07) is 0. The van der Waals surface area contributed by atoms with Crippen molar-refractivity contribution in [2.24, 2.45) is 17.1 Å². The molecule has 5 heteroatoms. The van der Waals surface area contributed by atoms with Crippen molar-refractivity contribution in [1.82, 2.24) is 9.80 Å². The zero-order chi connectivity index (χ0) is 17.3. The van der Waals surface area contributed by atoms with Crippen LogP contribution in [0.1, 0.15) is 59.8 Å². The molecule has 2 heterocycles. The quantitative estimate of drug-likeness (QED) is 0.864. The molecule has 0 radical (unpaired) electrons. The van der Waals surface area contributed by atoms with Crippen LogP contribution in [0, 0.1) is 11.3 Å². The fraction of sp³-hybridized carbons (Fsp3) is 0.889. The SMILES string of the molecule is CC(C)(C)C(=O)N1CCC(CN2CCCC[C@]2(C)C(N)=O)CC1. The Balaban J connectivity index is 1.91. The summed E-state index contributed by atoms with van der Waals surface area (Å²) >= 11 is 0. The Kier molecular flexibility index (Phi) is 5.39. The number of piperidine rings is 2. The molecule has 2 aliphatic rings. The van der Waals surface area contributed by atoms with Crippen LogP contribution in [-0.4, -0.2) is 53.3 Å². The monoisotopic (exact) mass is 323 g/mol. The lowest BCUT2D eigenvalue weighted by Crippen LogP contribution is -2.59. The van der Waals surface area contributed by atoms with Crippen molar-refractivity contribution in [3.63, 3.8) is 0 Å². The number of nitrogens with two attached hydrogens (primary N) is 1. The summed E-state index contributed by atoms with van der Waals surface area (Å²) in [6.45, 7) is 11.5. The zero-order valence-electron chi connectivity index (χ0n) is 15.2. The average Bonchev–Trinajstić information content (AvgIpc) is 2.48. The summed E-state index contributed by atoms with van der Waals surface area (Å²) in [4.78, 5) is 28.6. The first-order valence-electron chi connectivity index (χ1n) is 8.99. The molecule has 0 aromatic rings. The molecule has 23 heavy (non-hydrogen) atoms. The molecule has 0 aromatic carbocycles. The number of primary amides is 1. The first kappa shape index (κ1) is 18.2. The Morgan fingerprint density at radius 3 is 2.26 bits per heavy atom. The summed E-state index contributed by atoms with van der Waals surface area (Å²) in [6.07, 6.45) is 5.13. The summed E-state index contributed by atoms with van der Waals surface area (Å²) in [5.74, 6) is 0.601. The molecule has 1 atom stereocenters. The maximum Gasteiger partial charge on any atom is 0.237 e. The Morgan fingerprint density at radius 2 is 1.74 bits per heavy atom. The molecule has 2 aliphatic heterocycles. The van der Waals surface area contributed by atoms with Gasteiger partial charge in [-0.25, -0.2) is 0 Å². The van der Waals surface area contributed by atoms with Crippen LogP contribution in [0.25, 0.3) is 0 Å². The number of amides is 2. The molecule has 0 bridgehead atoms. The molecule has 0 saturated carbocycles. The third kappa shape index (κ3) is 4.06. The molecule has 0 spiro atoms. The minimum Gasteiger partial charge on any atom is -0.368 e. The Labute approximate surface area is 140 Å². The third-order valence-corrected chi connectivity index (χ3v) is 5.59. The molecular formula is C18H33N3O2. The summed E-state index contributed by atoms with van der Waals surface area (Å²) in [5.41, 5.74) is 4.88. The standard InChI is InChI=1S/C18H33N3O2/c1-17(2,3)16(23)20-11-7-14(8-12-20)13-21-10-6-5-9-18(21,4)15(19)22/h14H,5-13H2,1-4H3,(H2,19,22)/t18-/m1/s1. The second-order valence-electron chi connectivity index (χ2n) is 8.53. The predicted octanol–water partition coefficient (Wildman–Crippen LogP) is 2.00. The van der Waals surface area contributed by atoms with Crippen LogP contribution in [0.5, 0.6) is 0 Å². The molecule has 0 aliphatic carbocycles. The topological polar surface area (TPSA) is 66.6 Å². The molecule has 2 amide bonds. The number of hydrogen-bond acceptors (Lipinski definition) is 3. The Morgan fingerprint density at radius 1 is 1.13 bits per heavy atom. The van der Waals surface area contributed by atoms with E-state index in [1.165, 1.54) is 0 Å². The van der Waals surface area contributed by atoms with Crippen molar-refractivity contribution in [3.8, 4) is 0 Å². The minimum absolute atomic E-state index is 0.197. The lowest BCUT2D eigenvalue weighted by Gasteiger charge is -2.45. The van der Waals surface area contributed by atoms with Crippen LogP contribution in [0.4, 0.5) is 0 Å². The van der Waals surface area contributed by atoms with E-state index in [0.717, 1.165) is 58.3 Å². The molecule has 2 fully saturated rings. The van der Waals surface area contributed by atoms with Crippen LogP contribution in [0.3, 0.4) is 0 Å². The largest absolute Gasteiger partial charge is 0.368 e. The normalized spacial score (nSPS) is 27.9. The highest BCUT2D eigenvalue weighted by molar-refractivity contribution is 5.84. The van der Waals surface area contributed by atoms with E-state index in [1.807, 2.05) is 32.6 Å². The summed E-state index contributed by atoms with van der Waals surface area (Å²) < 4.78 is 0. The number of carbonyl (C=O) groups is 2. The van der Waals surface area contributed by atoms with E-state index in [-0.39, 0.29) is 17.2 Å². The van der Waals surface area contributed by atoms with Gasteiger partial charge in [-0.1, -0.05) is 20.8 Å². The summed E-state index contributed by atoms with van der Waals surface area (Å²) in [7, 11) is 0. The van der Waals surface area contributed by atoms with Crippen molar-refractivity contribution in [3.05, 3.63) is 0 Å². The van der Waals surface area contributed by atoms with Gasteiger partial charge in [0, 0.05) is 25.0 Å². The molecule has 2 N–H and O–H groups in total. The van der Waals surface area contributed by atoms with E-state index in [9.17, 15) is 9.59 Å². The molecule has 0 aromatic heterocycles. The van der Waals surface area contributed by atoms with Gasteiger partial charge in [0.15, 0.2) is 0 Å². The number of carbonyl (C=O) groups excluding carboxylic acids is 2. The zero-order valence-corrected chi connectivity index (χ0v) is 15.2. The predicted molar refractivity (Wildman–Crippen MR) is 91.8 cm³/mol. The van der Waals surface area contributed by atoms with E-state index >= 15 is 0 Å². The van der Waals surface area contributed by atoms with Gasteiger partial charge in [-0.2, -0.15) is 0 Å². The van der Waals surface area contributed by atoms with E-state index in [2.05, 4.69) is 4.90 Å². The number of nitrogens with zero attached hydrogens (tertiary/aromatic N) is 2. The van der Waals surface area contributed by atoms with Gasteiger partial charge in [-0.05, 0) is 51.5 Å². The van der Waals surface area contributed by atoms with Crippen LogP contribution >= 0.6 is 0 Å². The molecule has 0 unspecified atom stereocenters. The van der Waals surface area contributed by atoms with Gasteiger partial charge >= 0.3 is 0 Å². The minimum atomic E-state index is -0.489. The lowest BCUT2D eigenvalue weighted by molar-refractivity contribution is -0.141. The van der Waals surface area contributed by atoms with Gasteiger partial charge < -0.3 is 10.6 Å². The van der Waals surface area contributed by atoms with E-state index in [1.54, 1.807) is 0 Å². The molecule has 2 rings (SSSR count). The highest BCUT2D eigenvalue weighted by Crippen LogP contribution is 2.31. The van der Waals surface area contributed by atoms with Crippen molar-refractivity contribution >= 4 is 11.8 Å². The van der Waals surface area contributed by atoms with Crippen LogP contribution in [0.2, 0.25) is 0 Å². The van der Waals surface area contributed by atoms with Gasteiger partial charge in [0.2, 0.25) is 11.8 Å². The Bertz CT molecular complexity index is 450. The highest BCUT2D eigenvalue weighted by atomic mass is 16.2. The fourth-order valence-electron chi connectivity index (χ4n) is 3.85. The van der Waals surface area contributed by atoms with Crippen molar-refractivity contribution < 1.29 is 9.59 Å². The van der Waals surface area contributed by atoms with Crippen molar-refractivity contribution in [1.29, 1.82) is 0 Å². The van der Waals surface area contributed by atoms with Gasteiger partial charge in [0.05, 0.1) is 5.54 Å². The number of hydrogen-bond donors (Lipinski definition) is 1. The van der Waals surface area contributed by atoms with Crippen LogP contribution < -0.4 is 5.73 Å². The second kappa shape index (κ2) is 6.80. The molecule has 132 valence electrons. The van der Waals surface area contributed by atoms with Crippen LogP contribution in [-0.2, 0) is 9.59 Å². The van der Waals surface area contributed by atoms with Gasteiger partial charge in [0.1, 0.15) is 0 Å². The number of rotatable bonds is 3. The van der Waals surface area contributed by atoms with Crippen LogP contribution in [0.15, 0.2) is 0 Å². The van der Waals surface area contributed by atoms with Gasteiger partial charge in [-0.15, -0.1) is 0 Å². The number of likely N-dealkylation sites (tertiary alicyclic amines) is 2.